The second kappa shape index (κ2) is 19.6. The molecule has 0 spiro atoms. The summed E-state index contributed by atoms with van der Waals surface area (Å²) in [6.07, 6.45) is 2.43. The van der Waals surface area contributed by atoms with E-state index in [4.69, 9.17) is 37.4 Å². The minimum atomic E-state index is -0.755. The smallest absolute Gasteiger partial charge is 0.322 e. The van der Waals surface area contributed by atoms with Crippen molar-refractivity contribution in [3.63, 3.8) is 0 Å². The van der Waals surface area contributed by atoms with Crippen molar-refractivity contribution in [3.8, 4) is 28.4 Å². The van der Waals surface area contributed by atoms with Crippen LogP contribution in [0.15, 0.2) is 115 Å². The van der Waals surface area contributed by atoms with Gasteiger partial charge >= 0.3 is 6.03 Å². The third kappa shape index (κ3) is 10.3. The number of fused-ring (bicyclic) bond motifs is 2. The van der Waals surface area contributed by atoms with Crippen molar-refractivity contribution in [3.05, 3.63) is 170 Å². The van der Waals surface area contributed by atoms with Crippen molar-refractivity contribution in [1.29, 1.82) is 0 Å². The number of aromatic nitrogens is 1. The van der Waals surface area contributed by atoms with Crippen LogP contribution >= 0.6 is 23.2 Å². The number of rotatable bonds is 10. The van der Waals surface area contributed by atoms with E-state index >= 15 is 0 Å². The van der Waals surface area contributed by atoms with Gasteiger partial charge in [-0.1, -0.05) is 85.6 Å². The molecule has 6 aromatic rings. The van der Waals surface area contributed by atoms with Crippen molar-refractivity contribution in [2.45, 2.75) is 72.8 Å². The summed E-state index contributed by atoms with van der Waals surface area (Å²) in [5.74, 6) is 1.69. The summed E-state index contributed by atoms with van der Waals surface area (Å²) in [6, 6.07) is 33.7. The van der Waals surface area contributed by atoms with Gasteiger partial charge in [-0.2, -0.15) is 0 Å². The number of nitrogens with zero attached hydrogens (tertiary/aromatic N) is 2. The standard InChI is InChI=1S/C48H44Cl2N4O5.C2H6/c1-29-4-5-33(22-42(29)50)27-57-40-16-10-35(11-17-40)46-28-58-44-24-36-23-43(54(26-37(36)25-45(44)59-46)48(56)53-39-14-12-38(49)13-15-39)47(55)52-20-18-32-6-8-34(9-7-32)41-19-21-51-31(3)30(41)2;1-2/h4-17,19,21-22,24-25,43,46H,18,20,23,26-28H2,1-3H3,(H,52,55)(H,53,56);1-2H3. The maximum atomic E-state index is 13.9. The van der Waals surface area contributed by atoms with E-state index in [2.05, 4.69) is 46.8 Å². The second-order valence-corrected chi connectivity index (χ2v) is 15.9. The van der Waals surface area contributed by atoms with Crippen molar-refractivity contribution in [2.24, 2.45) is 0 Å². The molecular formula is C50H50Cl2N4O5. The Kier molecular flexibility index (Phi) is 13.8. The first kappa shape index (κ1) is 43.1. The number of ether oxygens (including phenoxy) is 3. The first-order valence-electron chi connectivity index (χ1n) is 20.6. The molecule has 2 aliphatic heterocycles. The Morgan fingerprint density at radius 2 is 1.56 bits per heavy atom. The minimum absolute atomic E-state index is 0.196. The maximum absolute atomic E-state index is 13.9. The molecule has 61 heavy (non-hydrogen) atoms. The Hall–Kier alpha value is -6.03. The molecule has 1 aromatic heterocycles. The normalized spacial score (nSPS) is 15.2. The predicted molar refractivity (Wildman–Crippen MR) is 243 cm³/mol. The van der Waals surface area contributed by atoms with E-state index in [9.17, 15) is 9.59 Å². The number of carbonyl (C=O) groups excluding carboxylic acids is 2. The minimum Gasteiger partial charge on any atom is -0.489 e. The Morgan fingerprint density at radius 3 is 2.30 bits per heavy atom. The fourth-order valence-electron chi connectivity index (χ4n) is 7.41. The van der Waals surface area contributed by atoms with Crippen LogP contribution in [0.5, 0.6) is 17.2 Å². The third-order valence-corrected chi connectivity index (χ3v) is 11.7. The lowest BCUT2D eigenvalue weighted by Gasteiger charge is -2.37. The van der Waals surface area contributed by atoms with Crippen LogP contribution in [0.4, 0.5) is 10.5 Å². The summed E-state index contributed by atoms with van der Waals surface area (Å²) in [4.78, 5) is 33.8. The molecule has 0 bridgehead atoms. The number of nitrogens with one attached hydrogen (secondary N) is 2. The van der Waals surface area contributed by atoms with E-state index in [-0.39, 0.29) is 18.6 Å². The molecule has 3 amide bonds. The zero-order valence-corrected chi connectivity index (χ0v) is 36.6. The second-order valence-electron chi connectivity index (χ2n) is 15.0. The van der Waals surface area contributed by atoms with Crippen molar-refractivity contribution < 1.29 is 23.8 Å². The lowest BCUT2D eigenvalue weighted by Crippen LogP contribution is -2.54. The molecule has 0 saturated heterocycles. The summed E-state index contributed by atoms with van der Waals surface area (Å²) in [5.41, 5.74) is 10.9. The first-order chi connectivity index (χ1) is 29.6. The Labute approximate surface area is 368 Å². The molecule has 8 rings (SSSR count). The Bertz CT molecular complexity index is 2490. The Morgan fingerprint density at radius 1 is 0.836 bits per heavy atom. The number of carbonyl (C=O) groups is 2. The molecule has 0 fully saturated rings. The third-order valence-electron chi connectivity index (χ3n) is 11.0. The average molecular weight is 858 g/mol. The molecule has 0 aliphatic carbocycles. The summed E-state index contributed by atoms with van der Waals surface area (Å²) < 4.78 is 18.8. The van der Waals surface area contributed by atoms with Gasteiger partial charge in [-0.3, -0.25) is 9.78 Å². The maximum Gasteiger partial charge on any atom is 0.322 e. The van der Waals surface area contributed by atoms with E-state index in [1.807, 2.05) is 94.6 Å². The van der Waals surface area contributed by atoms with Crippen molar-refractivity contribution in [1.82, 2.24) is 15.2 Å². The van der Waals surface area contributed by atoms with E-state index < -0.39 is 12.1 Å². The topological polar surface area (TPSA) is 102 Å². The quantitative estimate of drug-likeness (QED) is 0.142. The van der Waals surface area contributed by atoms with Gasteiger partial charge in [-0.25, -0.2) is 4.79 Å². The van der Waals surface area contributed by atoms with E-state index in [1.54, 1.807) is 29.2 Å². The van der Waals surface area contributed by atoms with Gasteiger partial charge in [-0.15, -0.1) is 0 Å². The van der Waals surface area contributed by atoms with Crippen molar-refractivity contribution in [2.75, 3.05) is 18.5 Å². The number of urea groups is 1. The van der Waals surface area contributed by atoms with Gasteiger partial charge in [0.1, 0.15) is 25.0 Å². The summed E-state index contributed by atoms with van der Waals surface area (Å²) in [5, 5.41) is 7.33. The number of hydrogen-bond acceptors (Lipinski definition) is 6. The molecule has 3 heterocycles. The van der Waals surface area contributed by atoms with Crippen LogP contribution in [0.1, 0.15) is 64.6 Å². The van der Waals surface area contributed by atoms with Crippen LogP contribution < -0.4 is 24.8 Å². The summed E-state index contributed by atoms with van der Waals surface area (Å²) >= 11 is 12.4. The molecule has 11 heteroatoms. The summed E-state index contributed by atoms with van der Waals surface area (Å²) in [7, 11) is 0. The highest BCUT2D eigenvalue weighted by Crippen LogP contribution is 2.41. The molecule has 0 radical (unpaired) electrons. The molecule has 2 atom stereocenters. The SMILES string of the molecule is CC.Cc1ccc(COc2ccc(C3COc4cc5c(cc4O3)CN(C(=O)Nc3ccc(Cl)cc3)C(C(=O)NCCc3ccc(-c4ccnc(C)c4C)cc3)C5)cc2)cc1Cl. The molecule has 5 aromatic carbocycles. The fraction of sp³-hybridized carbons (Fsp3) is 0.260. The lowest BCUT2D eigenvalue weighted by molar-refractivity contribution is -0.125. The highest BCUT2D eigenvalue weighted by atomic mass is 35.5. The lowest BCUT2D eigenvalue weighted by atomic mass is 9.92. The van der Waals surface area contributed by atoms with Gasteiger partial charge < -0.3 is 29.7 Å². The van der Waals surface area contributed by atoms with Crippen LogP contribution in [-0.4, -0.2) is 41.0 Å². The monoisotopic (exact) mass is 856 g/mol. The fourth-order valence-corrected chi connectivity index (χ4v) is 7.74. The number of aryl methyl sites for hydroxylation is 2. The van der Waals surface area contributed by atoms with Gasteiger partial charge in [0.15, 0.2) is 17.6 Å². The highest BCUT2D eigenvalue weighted by Gasteiger charge is 2.36. The van der Waals surface area contributed by atoms with E-state index in [1.165, 1.54) is 0 Å². The molecule has 314 valence electrons. The number of amides is 3. The van der Waals surface area contributed by atoms with Gasteiger partial charge in [0.05, 0.1) is 0 Å². The summed E-state index contributed by atoms with van der Waals surface area (Å²) in [6.45, 7) is 11.4. The molecular weight excluding hydrogens is 807 g/mol. The molecule has 2 unspecified atom stereocenters. The zero-order valence-electron chi connectivity index (χ0n) is 35.1. The predicted octanol–water partition coefficient (Wildman–Crippen LogP) is 11.4. The van der Waals surface area contributed by atoms with Gasteiger partial charge in [0.2, 0.25) is 5.91 Å². The molecule has 2 aliphatic rings. The van der Waals surface area contributed by atoms with Gasteiger partial charge in [0, 0.05) is 47.1 Å². The molecule has 9 nitrogen and oxygen atoms in total. The van der Waals surface area contributed by atoms with Crippen LogP contribution in [0.2, 0.25) is 10.0 Å². The van der Waals surface area contributed by atoms with E-state index in [0.29, 0.717) is 59.8 Å². The zero-order chi connectivity index (χ0) is 43.0. The number of anilines is 1. The van der Waals surface area contributed by atoms with Gasteiger partial charge in [0.25, 0.3) is 0 Å². The number of halogens is 2. The number of pyridine rings is 1. The van der Waals surface area contributed by atoms with Crippen LogP contribution in [0.25, 0.3) is 11.1 Å². The number of hydrogen-bond donors (Lipinski definition) is 2. The van der Waals surface area contributed by atoms with Crippen LogP contribution in [0.3, 0.4) is 0 Å². The largest absolute Gasteiger partial charge is 0.489 e. The van der Waals surface area contributed by atoms with Crippen LogP contribution in [-0.2, 0) is 30.8 Å². The highest BCUT2D eigenvalue weighted by molar-refractivity contribution is 6.31. The van der Waals surface area contributed by atoms with Crippen molar-refractivity contribution >= 4 is 40.8 Å². The van der Waals surface area contributed by atoms with Crippen LogP contribution in [0, 0.1) is 20.8 Å². The van der Waals surface area contributed by atoms with Gasteiger partial charge in [-0.05, 0) is 138 Å². The molecule has 2 N–H and O–H groups in total. The number of benzene rings is 5. The molecule has 0 saturated carbocycles. The first-order valence-corrected chi connectivity index (χ1v) is 21.4. The Balaban J connectivity index is 0.00000277. The average Bonchev–Trinajstić information content (AvgIpc) is 3.28. The van der Waals surface area contributed by atoms with E-state index in [0.717, 1.165) is 61.5 Å².